The molecule has 0 spiro atoms. The Hall–Kier alpha value is -1.07. The fourth-order valence-corrected chi connectivity index (χ4v) is 1.42. The van der Waals surface area contributed by atoms with Crippen LogP contribution in [0, 0.1) is 17.5 Å². The van der Waals surface area contributed by atoms with E-state index in [0.29, 0.717) is 6.61 Å². The van der Waals surface area contributed by atoms with Crippen molar-refractivity contribution in [2.75, 3.05) is 6.61 Å². The number of nitrogens with two attached hydrogens (primary N) is 1. The molecule has 0 aliphatic heterocycles. The Bertz CT molecular complexity index is 370. The Morgan fingerprint density at radius 3 is 2.44 bits per heavy atom. The largest absolute Gasteiger partial charge is 0.377 e. The molecule has 2 nitrogen and oxygen atoms in total. The van der Waals surface area contributed by atoms with E-state index in [2.05, 4.69) is 0 Å². The van der Waals surface area contributed by atoms with Crippen molar-refractivity contribution in [3.05, 3.63) is 35.1 Å². The molecule has 0 fully saturated rings. The van der Waals surface area contributed by atoms with Crippen molar-refractivity contribution >= 4 is 0 Å². The lowest BCUT2D eigenvalue weighted by Crippen LogP contribution is -2.27. The SMILES string of the molecule is CCOC(C)C(N)c1ccc(F)c(F)c1F. The first-order valence-electron chi connectivity index (χ1n) is 4.99. The van der Waals surface area contributed by atoms with Crippen LogP contribution in [-0.2, 0) is 4.74 Å². The first kappa shape index (κ1) is 13.0. The molecule has 1 aromatic carbocycles. The second kappa shape index (κ2) is 5.32. The maximum absolute atomic E-state index is 13.4. The molecule has 5 heteroatoms. The van der Waals surface area contributed by atoms with Gasteiger partial charge in [-0.3, -0.25) is 0 Å². The summed E-state index contributed by atoms with van der Waals surface area (Å²) in [6.45, 7) is 3.83. The molecule has 1 aromatic rings. The molecule has 0 saturated carbocycles. The van der Waals surface area contributed by atoms with Gasteiger partial charge in [-0.2, -0.15) is 0 Å². The number of benzene rings is 1. The maximum Gasteiger partial charge on any atom is 0.194 e. The van der Waals surface area contributed by atoms with Crippen LogP contribution in [0.4, 0.5) is 13.2 Å². The average molecular weight is 233 g/mol. The molecule has 0 bridgehead atoms. The van der Waals surface area contributed by atoms with E-state index in [-0.39, 0.29) is 5.56 Å². The van der Waals surface area contributed by atoms with Gasteiger partial charge in [-0.25, -0.2) is 13.2 Å². The van der Waals surface area contributed by atoms with Gasteiger partial charge in [0.2, 0.25) is 0 Å². The summed E-state index contributed by atoms with van der Waals surface area (Å²) in [6, 6.07) is 1.16. The van der Waals surface area contributed by atoms with Crippen LogP contribution < -0.4 is 5.73 Å². The van der Waals surface area contributed by atoms with Crippen LogP contribution in [-0.4, -0.2) is 12.7 Å². The number of rotatable bonds is 4. The van der Waals surface area contributed by atoms with Crippen molar-refractivity contribution < 1.29 is 17.9 Å². The standard InChI is InChI=1S/C11H14F3NO/c1-3-16-6(2)11(15)7-4-5-8(12)10(14)9(7)13/h4-6,11H,3,15H2,1-2H3. The van der Waals surface area contributed by atoms with Crippen LogP contribution in [0.5, 0.6) is 0 Å². The molecule has 90 valence electrons. The van der Waals surface area contributed by atoms with E-state index in [0.717, 1.165) is 12.1 Å². The summed E-state index contributed by atoms with van der Waals surface area (Å²) in [6.07, 6.45) is -0.468. The van der Waals surface area contributed by atoms with E-state index in [9.17, 15) is 13.2 Å². The summed E-state index contributed by atoms with van der Waals surface area (Å²) >= 11 is 0. The second-order valence-electron chi connectivity index (χ2n) is 3.45. The molecule has 2 unspecified atom stereocenters. The van der Waals surface area contributed by atoms with Gasteiger partial charge >= 0.3 is 0 Å². The van der Waals surface area contributed by atoms with E-state index >= 15 is 0 Å². The second-order valence-corrected chi connectivity index (χ2v) is 3.45. The smallest absolute Gasteiger partial charge is 0.194 e. The van der Waals surface area contributed by atoms with E-state index in [1.165, 1.54) is 0 Å². The fraction of sp³-hybridized carbons (Fsp3) is 0.455. The Morgan fingerprint density at radius 1 is 1.25 bits per heavy atom. The van der Waals surface area contributed by atoms with Gasteiger partial charge in [-0.1, -0.05) is 6.07 Å². The number of hydrogen-bond acceptors (Lipinski definition) is 2. The molecule has 0 radical (unpaired) electrons. The molecule has 0 aromatic heterocycles. The van der Waals surface area contributed by atoms with Crippen molar-refractivity contribution in [3.8, 4) is 0 Å². The molecule has 1 rings (SSSR count). The quantitative estimate of drug-likeness (QED) is 0.811. The highest BCUT2D eigenvalue weighted by molar-refractivity contribution is 5.24. The van der Waals surface area contributed by atoms with Crippen molar-refractivity contribution in [1.82, 2.24) is 0 Å². The number of halogens is 3. The van der Waals surface area contributed by atoms with Gasteiger partial charge in [0.25, 0.3) is 0 Å². The first-order valence-corrected chi connectivity index (χ1v) is 4.99. The molecule has 2 N–H and O–H groups in total. The molecule has 16 heavy (non-hydrogen) atoms. The van der Waals surface area contributed by atoms with Gasteiger partial charge < -0.3 is 10.5 Å². The lowest BCUT2D eigenvalue weighted by Gasteiger charge is -2.20. The van der Waals surface area contributed by atoms with Crippen molar-refractivity contribution in [3.63, 3.8) is 0 Å². The third-order valence-electron chi connectivity index (χ3n) is 2.36. The highest BCUT2D eigenvalue weighted by Crippen LogP contribution is 2.23. The minimum Gasteiger partial charge on any atom is -0.377 e. The van der Waals surface area contributed by atoms with E-state index in [4.69, 9.17) is 10.5 Å². The zero-order valence-corrected chi connectivity index (χ0v) is 9.14. The van der Waals surface area contributed by atoms with Gasteiger partial charge in [0, 0.05) is 12.2 Å². The summed E-state index contributed by atoms with van der Waals surface area (Å²) in [7, 11) is 0. The average Bonchev–Trinajstić information content (AvgIpc) is 2.26. The monoisotopic (exact) mass is 233 g/mol. The topological polar surface area (TPSA) is 35.2 Å². The van der Waals surface area contributed by atoms with Crippen LogP contribution in [0.1, 0.15) is 25.5 Å². The zero-order chi connectivity index (χ0) is 12.3. The predicted octanol–water partition coefficient (Wildman–Crippen LogP) is 2.53. The highest BCUT2D eigenvalue weighted by Gasteiger charge is 2.22. The Kier molecular flexibility index (Phi) is 4.32. The Balaban J connectivity index is 3.00. The minimum atomic E-state index is -1.50. The number of ether oxygens (including phenoxy) is 1. The fourth-order valence-electron chi connectivity index (χ4n) is 1.42. The summed E-state index contributed by atoms with van der Waals surface area (Å²) < 4.78 is 44.2. The van der Waals surface area contributed by atoms with Crippen molar-refractivity contribution in [2.24, 2.45) is 5.73 Å². The highest BCUT2D eigenvalue weighted by atomic mass is 19.2. The Labute approximate surface area is 92.2 Å². The summed E-state index contributed by atoms with van der Waals surface area (Å²) in [5, 5.41) is 0. The third kappa shape index (κ3) is 2.54. The predicted molar refractivity (Wildman–Crippen MR) is 54.3 cm³/mol. The lowest BCUT2D eigenvalue weighted by molar-refractivity contribution is 0.0564. The zero-order valence-electron chi connectivity index (χ0n) is 9.14. The van der Waals surface area contributed by atoms with Crippen LogP contribution in [0.25, 0.3) is 0 Å². The summed E-state index contributed by atoms with van der Waals surface area (Å²) in [5.41, 5.74) is 5.61. The first-order chi connectivity index (χ1) is 7.49. The number of hydrogen-bond donors (Lipinski definition) is 1. The van der Waals surface area contributed by atoms with E-state index in [1.54, 1.807) is 13.8 Å². The van der Waals surface area contributed by atoms with Crippen LogP contribution in [0.2, 0.25) is 0 Å². The molecule has 0 aliphatic carbocycles. The van der Waals surface area contributed by atoms with E-state index < -0.39 is 29.6 Å². The summed E-state index contributed by atoms with van der Waals surface area (Å²) in [4.78, 5) is 0. The molecular formula is C11H14F3NO. The minimum absolute atomic E-state index is 0.0835. The normalized spacial score (nSPS) is 14.9. The molecule has 0 amide bonds. The third-order valence-corrected chi connectivity index (χ3v) is 2.36. The van der Waals surface area contributed by atoms with E-state index in [1.807, 2.05) is 0 Å². The van der Waals surface area contributed by atoms with Crippen LogP contribution in [0.3, 0.4) is 0 Å². The van der Waals surface area contributed by atoms with Crippen molar-refractivity contribution in [1.29, 1.82) is 0 Å². The molecule has 0 aliphatic rings. The van der Waals surface area contributed by atoms with Gasteiger partial charge in [-0.05, 0) is 19.9 Å². The Morgan fingerprint density at radius 2 is 1.88 bits per heavy atom. The molecule has 0 heterocycles. The van der Waals surface area contributed by atoms with Crippen LogP contribution in [0.15, 0.2) is 12.1 Å². The summed E-state index contributed by atoms with van der Waals surface area (Å²) in [5.74, 6) is -3.98. The van der Waals surface area contributed by atoms with Crippen LogP contribution >= 0.6 is 0 Å². The molecule has 0 saturated heterocycles. The lowest BCUT2D eigenvalue weighted by atomic mass is 10.0. The van der Waals surface area contributed by atoms with Crippen molar-refractivity contribution in [2.45, 2.75) is 26.0 Å². The van der Waals surface area contributed by atoms with Gasteiger partial charge in [-0.15, -0.1) is 0 Å². The van der Waals surface area contributed by atoms with Gasteiger partial charge in [0.15, 0.2) is 17.5 Å². The van der Waals surface area contributed by atoms with Gasteiger partial charge in [0.05, 0.1) is 12.1 Å². The maximum atomic E-state index is 13.4. The molecule has 2 atom stereocenters. The molecular weight excluding hydrogens is 219 g/mol. The van der Waals surface area contributed by atoms with Gasteiger partial charge in [0.1, 0.15) is 0 Å².